The molecule has 2 aromatic heterocycles. The Balaban J connectivity index is 1.75. The van der Waals surface area contributed by atoms with Gasteiger partial charge in [-0.05, 0) is 24.3 Å². The van der Waals surface area contributed by atoms with Gasteiger partial charge in [-0.2, -0.15) is 0 Å². The average Bonchev–Trinajstić information content (AvgIpc) is 3.02. The Hall–Kier alpha value is -2.76. The smallest absolute Gasteiger partial charge is 0.266 e. The molecule has 1 aromatic carbocycles. The highest BCUT2D eigenvalue weighted by Gasteiger charge is 2.42. The molecule has 3 aromatic rings. The van der Waals surface area contributed by atoms with E-state index in [0.29, 0.717) is 28.7 Å². The number of anilines is 1. The average molecular weight is 403 g/mol. The van der Waals surface area contributed by atoms with E-state index in [1.54, 1.807) is 35.2 Å². The van der Waals surface area contributed by atoms with E-state index in [4.69, 9.17) is 23.9 Å². The number of benzene rings is 1. The molecule has 0 unspecified atom stereocenters. The van der Waals surface area contributed by atoms with Crippen LogP contribution < -0.4 is 10.6 Å². The first-order valence-corrected chi connectivity index (χ1v) is 9.12. The highest BCUT2D eigenvalue weighted by Crippen LogP contribution is 2.32. The molecule has 1 aliphatic heterocycles. The van der Waals surface area contributed by atoms with Crippen molar-refractivity contribution in [3.63, 3.8) is 0 Å². The SMILES string of the molecule is [C-]#[N+]c1ccc(Cn2c(N3CCC(F)(F)[C@H](N)C3)nc3ccc(Cl)cc32)nc1. The Morgan fingerprint density at radius 2 is 2.14 bits per heavy atom. The van der Waals surface area contributed by atoms with Gasteiger partial charge in [0.2, 0.25) is 11.6 Å². The molecule has 144 valence electrons. The third kappa shape index (κ3) is 3.39. The van der Waals surface area contributed by atoms with Crippen LogP contribution >= 0.6 is 11.6 Å². The maximum absolute atomic E-state index is 13.8. The molecule has 0 bridgehead atoms. The van der Waals surface area contributed by atoms with E-state index in [0.717, 1.165) is 11.2 Å². The minimum Gasteiger partial charge on any atom is -0.340 e. The molecule has 1 atom stereocenters. The summed E-state index contributed by atoms with van der Waals surface area (Å²) in [6, 6.07) is 7.53. The molecule has 3 heterocycles. The molecule has 1 saturated heterocycles. The minimum absolute atomic E-state index is 0.00808. The third-order valence-electron chi connectivity index (χ3n) is 4.91. The highest BCUT2D eigenvalue weighted by atomic mass is 35.5. The van der Waals surface area contributed by atoms with Crippen LogP contribution in [0.2, 0.25) is 5.02 Å². The summed E-state index contributed by atoms with van der Waals surface area (Å²) in [6.45, 7) is 7.57. The quantitative estimate of drug-likeness (QED) is 0.676. The highest BCUT2D eigenvalue weighted by molar-refractivity contribution is 6.31. The number of nitrogens with two attached hydrogens (primary N) is 1. The standard InChI is InChI=1S/C19H17ClF2N6/c1-24-13-3-4-14(25-9-13)10-28-16-8-12(20)2-5-15(16)26-18(28)27-7-6-19(21,22)17(23)11-27/h2-5,8-9,17H,6-7,10-11,23H2/t17-/m1/s1. The molecule has 0 aliphatic carbocycles. The van der Waals surface area contributed by atoms with E-state index in [2.05, 4.69) is 14.8 Å². The van der Waals surface area contributed by atoms with E-state index < -0.39 is 12.0 Å². The summed E-state index contributed by atoms with van der Waals surface area (Å²) >= 11 is 6.17. The number of piperidine rings is 1. The normalized spacial score (nSPS) is 19.0. The van der Waals surface area contributed by atoms with Crippen molar-refractivity contribution in [3.05, 3.63) is 58.7 Å². The van der Waals surface area contributed by atoms with Crippen LogP contribution in [0.1, 0.15) is 12.1 Å². The molecule has 9 heteroatoms. The Kier molecular flexibility index (Phi) is 4.65. The number of imidazole rings is 1. The lowest BCUT2D eigenvalue weighted by atomic mass is 10.0. The summed E-state index contributed by atoms with van der Waals surface area (Å²) in [5.41, 5.74) is 8.37. The summed E-state index contributed by atoms with van der Waals surface area (Å²) in [5.74, 6) is -2.33. The van der Waals surface area contributed by atoms with Crippen LogP contribution in [-0.4, -0.2) is 39.6 Å². The molecule has 4 rings (SSSR count). The zero-order valence-corrected chi connectivity index (χ0v) is 15.6. The monoisotopic (exact) mass is 402 g/mol. The molecule has 1 aliphatic rings. The summed E-state index contributed by atoms with van der Waals surface area (Å²) in [7, 11) is 0. The van der Waals surface area contributed by atoms with E-state index in [9.17, 15) is 8.78 Å². The first-order chi connectivity index (χ1) is 13.4. The molecule has 6 nitrogen and oxygen atoms in total. The van der Waals surface area contributed by atoms with Gasteiger partial charge in [-0.15, -0.1) is 0 Å². The Morgan fingerprint density at radius 3 is 2.82 bits per heavy atom. The van der Waals surface area contributed by atoms with Crippen LogP contribution in [0.15, 0.2) is 36.5 Å². The number of aromatic nitrogens is 3. The summed E-state index contributed by atoms with van der Waals surface area (Å²) in [5, 5.41) is 0.554. The van der Waals surface area contributed by atoms with Gasteiger partial charge in [-0.1, -0.05) is 17.7 Å². The number of hydrogen-bond acceptors (Lipinski definition) is 4. The molecule has 0 amide bonds. The van der Waals surface area contributed by atoms with Gasteiger partial charge in [0, 0.05) is 30.7 Å². The van der Waals surface area contributed by atoms with E-state index in [1.807, 2.05) is 4.57 Å². The van der Waals surface area contributed by atoms with E-state index >= 15 is 0 Å². The van der Waals surface area contributed by atoms with Crippen LogP contribution in [0.5, 0.6) is 0 Å². The van der Waals surface area contributed by atoms with E-state index in [-0.39, 0.29) is 19.5 Å². The summed E-state index contributed by atoms with van der Waals surface area (Å²) in [4.78, 5) is 14.1. The second kappa shape index (κ2) is 7.00. The van der Waals surface area contributed by atoms with Crippen molar-refractivity contribution >= 4 is 34.3 Å². The van der Waals surface area contributed by atoms with Gasteiger partial charge in [0.05, 0.1) is 35.9 Å². The predicted octanol–water partition coefficient (Wildman–Crippen LogP) is 3.86. The van der Waals surface area contributed by atoms with Gasteiger partial charge in [-0.25, -0.2) is 18.6 Å². The minimum atomic E-state index is -2.88. The lowest BCUT2D eigenvalue weighted by molar-refractivity contribution is -0.0395. The summed E-state index contributed by atoms with van der Waals surface area (Å²) in [6.07, 6.45) is 1.18. The second-order valence-corrected chi connectivity index (χ2v) is 7.25. The van der Waals surface area contributed by atoms with Crippen LogP contribution in [0, 0.1) is 6.57 Å². The molecule has 1 fully saturated rings. The van der Waals surface area contributed by atoms with Crippen molar-refractivity contribution < 1.29 is 8.78 Å². The molecule has 0 radical (unpaired) electrons. The molecule has 0 spiro atoms. The molecular weight excluding hydrogens is 386 g/mol. The zero-order valence-electron chi connectivity index (χ0n) is 14.8. The lowest BCUT2D eigenvalue weighted by Gasteiger charge is -2.37. The second-order valence-electron chi connectivity index (χ2n) is 6.81. The maximum atomic E-state index is 13.8. The zero-order chi connectivity index (χ0) is 19.9. The van der Waals surface area contributed by atoms with E-state index in [1.165, 1.54) is 6.20 Å². The number of rotatable bonds is 3. The van der Waals surface area contributed by atoms with Crippen molar-refractivity contribution in [2.75, 3.05) is 18.0 Å². The fraction of sp³-hybridized carbons (Fsp3) is 0.316. The largest absolute Gasteiger partial charge is 0.340 e. The predicted molar refractivity (Wildman–Crippen MR) is 104 cm³/mol. The van der Waals surface area contributed by atoms with Crippen LogP contribution in [0.4, 0.5) is 20.4 Å². The fourth-order valence-electron chi connectivity index (χ4n) is 3.33. The first kappa shape index (κ1) is 18.6. The molecular formula is C19H17ClF2N6. The fourth-order valence-corrected chi connectivity index (χ4v) is 3.50. The van der Waals surface area contributed by atoms with Crippen molar-refractivity contribution in [2.24, 2.45) is 5.73 Å². The van der Waals surface area contributed by atoms with Gasteiger partial charge in [-0.3, -0.25) is 4.98 Å². The van der Waals surface area contributed by atoms with Crippen molar-refractivity contribution in [1.29, 1.82) is 0 Å². The molecule has 0 saturated carbocycles. The maximum Gasteiger partial charge on any atom is 0.266 e. The Labute approximate surface area is 165 Å². The topological polar surface area (TPSA) is 64.3 Å². The van der Waals surface area contributed by atoms with Gasteiger partial charge in [0.1, 0.15) is 0 Å². The van der Waals surface area contributed by atoms with Gasteiger partial charge in [0.15, 0.2) is 0 Å². The number of nitrogens with zero attached hydrogens (tertiary/aromatic N) is 5. The first-order valence-electron chi connectivity index (χ1n) is 8.74. The van der Waals surface area contributed by atoms with Crippen LogP contribution in [-0.2, 0) is 6.54 Å². The van der Waals surface area contributed by atoms with Gasteiger partial charge >= 0.3 is 0 Å². The number of fused-ring (bicyclic) bond motifs is 1. The third-order valence-corrected chi connectivity index (χ3v) is 5.14. The Bertz CT molecular complexity index is 1060. The molecule has 2 N–H and O–H groups in total. The summed E-state index contributed by atoms with van der Waals surface area (Å²) < 4.78 is 29.6. The number of hydrogen-bond donors (Lipinski definition) is 1. The van der Waals surface area contributed by atoms with Crippen molar-refractivity contribution in [3.8, 4) is 0 Å². The van der Waals surface area contributed by atoms with Crippen molar-refractivity contribution in [1.82, 2.24) is 14.5 Å². The molecule has 28 heavy (non-hydrogen) atoms. The Morgan fingerprint density at radius 1 is 1.32 bits per heavy atom. The van der Waals surface area contributed by atoms with Crippen LogP contribution in [0.3, 0.4) is 0 Å². The van der Waals surface area contributed by atoms with Crippen molar-refractivity contribution in [2.45, 2.75) is 24.9 Å². The van der Waals surface area contributed by atoms with Crippen LogP contribution in [0.25, 0.3) is 15.9 Å². The number of pyridine rings is 1. The van der Waals surface area contributed by atoms with Gasteiger partial charge in [0.25, 0.3) is 5.92 Å². The number of halogens is 3. The number of alkyl halides is 2. The lowest BCUT2D eigenvalue weighted by Crippen LogP contribution is -2.55. The van der Waals surface area contributed by atoms with Gasteiger partial charge < -0.3 is 15.2 Å².